The largest absolute Gasteiger partial charge is 0.496 e. The number of hydrogen-bond donors (Lipinski definition) is 0. The Kier molecular flexibility index (Phi) is 9.26. The Morgan fingerprint density at radius 2 is 1.61 bits per heavy atom. The third-order valence-corrected chi connectivity index (χ3v) is 7.73. The highest BCUT2D eigenvalue weighted by Crippen LogP contribution is 2.32. The van der Waals surface area contributed by atoms with Gasteiger partial charge in [0.25, 0.3) is 11.8 Å². The third-order valence-electron chi connectivity index (χ3n) is 7.73. The lowest BCUT2D eigenvalue weighted by Crippen LogP contribution is -2.37. The van der Waals surface area contributed by atoms with Crippen LogP contribution < -0.4 is 9.64 Å². The molecule has 0 atom stereocenters. The minimum atomic E-state index is -0.0843. The van der Waals surface area contributed by atoms with Gasteiger partial charge in [0.1, 0.15) is 12.4 Å². The first-order valence-electron chi connectivity index (χ1n) is 14.3. The topological polar surface area (TPSA) is 72.0 Å². The quantitative estimate of drug-likeness (QED) is 0.283. The molecular formula is C34H37N3O4. The van der Waals surface area contributed by atoms with Crippen LogP contribution in [0.3, 0.4) is 0 Å². The van der Waals surface area contributed by atoms with E-state index in [9.17, 15) is 9.59 Å². The Hall–Kier alpha value is -4.23. The highest BCUT2D eigenvalue weighted by atomic mass is 16.5. The van der Waals surface area contributed by atoms with E-state index in [1.807, 2.05) is 76.7 Å². The molecule has 0 spiro atoms. The second-order valence-corrected chi connectivity index (χ2v) is 10.4. The van der Waals surface area contributed by atoms with Gasteiger partial charge in [0.15, 0.2) is 0 Å². The molecule has 2 amide bonds. The lowest BCUT2D eigenvalue weighted by atomic mass is 9.99. The predicted molar refractivity (Wildman–Crippen MR) is 162 cm³/mol. The molecule has 0 unspecified atom stereocenters. The number of nitrogens with zero attached hydrogens (tertiary/aromatic N) is 3. The molecule has 3 aromatic carbocycles. The van der Waals surface area contributed by atoms with Gasteiger partial charge in [-0.2, -0.15) is 0 Å². The van der Waals surface area contributed by atoms with Gasteiger partial charge in [0.2, 0.25) is 0 Å². The van der Waals surface area contributed by atoms with Crippen molar-refractivity contribution in [3.63, 3.8) is 0 Å². The van der Waals surface area contributed by atoms with Gasteiger partial charge in [-0.05, 0) is 65.3 Å². The summed E-state index contributed by atoms with van der Waals surface area (Å²) in [6, 6.07) is 21.6. The van der Waals surface area contributed by atoms with Crippen molar-refractivity contribution in [3.8, 4) is 16.9 Å². The second kappa shape index (κ2) is 13.4. The third kappa shape index (κ3) is 6.41. The van der Waals surface area contributed by atoms with Gasteiger partial charge in [-0.25, -0.2) is 0 Å². The summed E-state index contributed by atoms with van der Waals surface area (Å²) in [4.78, 5) is 35.6. The zero-order valence-electron chi connectivity index (χ0n) is 23.8. The normalized spacial score (nSPS) is 14.6. The maximum Gasteiger partial charge on any atom is 0.254 e. The van der Waals surface area contributed by atoms with Gasteiger partial charge in [0, 0.05) is 55.8 Å². The highest BCUT2D eigenvalue weighted by molar-refractivity contribution is 6.08. The molecule has 41 heavy (non-hydrogen) atoms. The molecule has 0 N–H and O–H groups in total. The molecule has 0 bridgehead atoms. The number of benzene rings is 3. The zero-order chi connectivity index (χ0) is 28.6. The van der Waals surface area contributed by atoms with E-state index in [2.05, 4.69) is 11.1 Å². The fourth-order valence-corrected chi connectivity index (χ4v) is 5.64. The summed E-state index contributed by atoms with van der Waals surface area (Å²) in [5.41, 5.74) is 4.35. The number of carbonyl (C=O) groups is 2. The predicted octanol–water partition coefficient (Wildman–Crippen LogP) is 6.50. The number of carbonyl (C=O) groups excluding carboxylic acids is 2. The van der Waals surface area contributed by atoms with Gasteiger partial charge < -0.3 is 19.3 Å². The molecular weight excluding hydrogens is 514 g/mol. The van der Waals surface area contributed by atoms with Crippen molar-refractivity contribution in [1.29, 1.82) is 0 Å². The standard InChI is InChI=1S/C34H37N3O4/c1-40-24-33(38)37-20-9-5-3-4-8-19-36(23-27-21-25(14-16-31(27)37)26-11-10-18-35-22-26)34(39)30-15-17-32(41-2)29-13-7-6-12-28(29)30/h6-7,10-18,21-22H,3-5,8-9,19-20,23-24H2,1-2H3. The van der Waals surface area contributed by atoms with Crippen molar-refractivity contribution >= 4 is 28.3 Å². The van der Waals surface area contributed by atoms with Crippen LogP contribution in [0, 0.1) is 0 Å². The van der Waals surface area contributed by atoms with E-state index in [1.165, 1.54) is 0 Å². The van der Waals surface area contributed by atoms with E-state index in [0.29, 0.717) is 25.2 Å². The molecule has 0 fully saturated rings. The minimum Gasteiger partial charge on any atom is -0.496 e. The average Bonchev–Trinajstić information content (AvgIpc) is 3.01. The number of hydrogen-bond acceptors (Lipinski definition) is 5. The Morgan fingerprint density at radius 1 is 0.829 bits per heavy atom. The molecule has 4 aromatic rings. The zero-order valence-corrected chi connectivity index (χ0v) is 23.8. The van der Waals surface area contributed by atoms with E-state index >= 15 is 0 Å². The second-order valence-electron chi connectivity index (χ2n) is 10.4. The highest BCUT2D eigenvalue weighted by Gasteiger charge is 2.24. The molecule has 212 valence electrons. The summed E-state index contributed by atoms with van der Waals surface area (Å²) in [6.07, 6.45) is 8.54. The molecule has 1 aliphatic rings. The first kappa shape index (κ1) is 28.3. The summed E-state index contributed by atoms with van der Waals surface area (Å²) >= 11 is 0. The molecule has 1 aromatic heterocycles. The number of fused-ring (bicyclic) bond motifs is 2. The number of methoxy groups -OCH3 is 2. The van der Waals surface area contributed by atoms with Crippen molar-refractivity contribution < 1.29 is 19.1 Å². The smallest absolute Gasteiger partial charge is 0.254 e. The monoisotopic (exact) mass is 551 g/mol. The lowest BCUT2D eigenvalue weighted by molar-refractivity contribution is -0.122. The molecule has 0 radical (unpaired) electrons. The summed E-state index contributed by atoms with van der Waals surface area (Å²) in [5.74, 6) is 0.622. The molecule has 7 nitrogen and oxygen atoms in total. The number of ether oxygens (including phenoxy) is 2. The van der Waals surface area contributed by atoms with Crippen molar-refractivity contribution in [2.45, 2.75) is 38.6 Å². The van der Waals surface area contributed by atoms with Gasteiger partial charge in [-0.3, -0.25) is 14.6 Å². The van der Waals surface area contributed by atoms with Gasteiger partial charge in [-0.15, -0.1) is 0 Å². The number of anilines is 1. The van der Waals surface area contributed by atoms with Crippen LogP contribution in [0.4, 0.5) is 5.69 Å². The fraction of sp³-hybridized carbons (Fsp3) is 0.324. The van der Waals surface area contributed by atoms with E-state index in [-0.39, 0.29) is 18.4 Å². The first-order valence-corrected chi connectivity index (χ1v) is 14.3. The Bertz CT molecular complexity index is 1500. The Balaban J connectivity index is 1.60. The summed E-state index contributed by atoms with van der Waals surface area (Å²) in [5, 5.41) is 1.77. The van der Waals surface area contributed by atoms with Gasteiger partial charge in [0.05, 0.1) is 7.11 Å². The van der Waals surface area contributed by atoms with Crippen molar-refractivity contribution in [2.75, 3.05) is 38.8 Å². The van der Waals surface area contributed by atoms with Crippen molar-refractivity contribution in [1.82, 2.24) is 9.88 Å². The molecule has 0 aliphatic carbocycles. The van der Waals surface area contributed by atoms with Crippen LogP contribution in [0.2, 0.25) is 0 Å². The van der Waals surface area contributed by atoms with Crippen LogP contribution in [-0.2, 0) is 16.1 Å². The van der Waals surface area contributed by atoms with Gasteiger partial charge >= 0.3 is 0 Å². The van der Waals surface area contributed by atoms with E-state index in [1.54, 1.807) is 20.4 Å². The Morgan fingerprint density at radius 3 is 2.37 bits per heavy atom. The SMILES string of the molecule is COCC(=O)N1CCCCCCCN(C(=O)c2ccc(OC)c3ccccc23)Cc2cc(-c3cccnc3)ccc21. The molecule has 5 rings (SSSR count). The van der Waals surface area contributed by atoms with E-state index in [4.69, 9.17) is 9.47 Å². The fourth-order valence-electron chi connectivity index (χ4n) is 5.64. The first-order chi connectivity index (χ1) is 20.1. The van der Waals surface area contributed by atoms with Crippen LogP contribution in [0.1, 0.15) is 48.0 Å². The van der Waals surface area contributed by atoms with Crippen LogP contribution >= 0.6 is 0 Å². The van der Waals surface area contributed by atoms with Crippen LogP contribution in [-0.4, -0.2) is 55.6 Å². The van der Waals surface area contributed by atoms with Crippen molar-refractivity contribution in [2.24, 2.45) is 0 Å². The molecule has 1 aliphatic heterocycles. The summed E-state index contributed by atoms with van der Waals surface area (Å²) in [6.45, 7) is 1.62. The lowest BCUT2D eigenvalue weighted by Gasteiger charge is -2.30. The van der Waals surface area contributed by atoms with E-state index in [0.717, 1.165) is 71.0 Å². The number of pyridine rings is 1. The average molecular weight is 552 g/mol. The summed E-state index contributed by atoms with van der Waals surface area (Å²) < 4.78 is 10.8. The molecule has 0 saturated heterocycles. The minimum absolute atomic E-state index is 0.00425. The van der Waals surface area contributed by atoms with Crippen LogP contribution in [0.15, 0.2) is 79.1 Å². The van der Waals surface area contributed by atoms with Crippen LogP contribution in [0.25, 0.3) is 21.9 Å². The number of rotatable bonds is 5. The maximum absolute atomic E-state index is 14.3. The van der Waals surface area contributed by atoms with Crippen molar-refractivity contribution in [3.05, 3.63) is 90.3 Å². The van der Waals surface area contributed by atoms with Gasteiger partial charge in [-0.1, -0.05) is 55.7 Å². The van der Waals surface area contributed by atoms with E-state index < -0.39 is 0 Å². The number of aromatic nitrogens is 1. The molecule has 7 heteroatoms. The number of amides is 2. The molecule has 2 heterocycles. The maximum atomic E-state index is 14.3. The van der Waals surface area contributed by atoms with Crippen LogP contribution in [0.5, 0.6) is 5.75 Å². The summed E-state index contributed by atoms with van der Waals surface area (Å²) in [7, 11) is 3.19. The molecule has 0 saturated carbocycles. The Labute approximate surface area is 241 Å².